The first-order chi connectivity index (χ1) is 31.4. The van der Waals surface area contributed by atoms with Crippen LogP contribution in [-0.2, 0) is 31.0 Å². The van der Waals surface area contributed by atoms with Gasteiger partial charge in [-0.15, -0.1) is 0 Å². The number of hydrazine groups is 1. The SMILES string of the molecule is COc1ccc([C@@]23C(=O)N(Nc4ccc(Cl)cc4Cl)C(=O)[C@@H]2C[C@@H]2C(=CC[C@@H]4C(=O)N(c5ccc(N=Nc6ccc(N(C)C)cc6)cc5)C(=O)[C@@H]42)[C@@H]3C2=COc3ccc(O)cc3C2)cc1. The van der Waals surface area contributed by atoms with Crippen molar-refractivity contribution in [1.29, 1.82) is 0 Å². The summed E-state index contributed by atoms with van der Waals surface area (Å²) in [5.74, 6) is -4.66. The van der Waals surface area contributed by atoms with Crippen molar-refractivity contribution >= 4 is 75.3 Å². The quantitative estimate of drug-likeness (QED) is 0.0836. The Kier molecular flexibility index (Phi) is 10.5. The number of amides is 4. The molecule has 3 aliphatic heterocycles. The van der Waals surface area contributed by atoms with Crippen molar-refractivity contribution < 1.29 is 33.8 Å². The number of aromatic hydroxyl groups is 1. The largest absolute Gasteiger partial charge is 0.508 e. The Morgan fingerprint density at radius 2 is 1.54 bits per heavy atom. The molecule has 13 nitrogen and oxygen atoms in total. The van der Waals surface area contributed by atoms with Gasteiger partial charge in [0.05, 0.1) is 64.3 Å². The Labute approximate surface area is 384 Å². The van der Waals surface area contributed by atoms with Gasteiger partial charge in [-0.2, -0.15) is 15.2 Å². The van der Waals surface area contributed by atoms with Crippen molar-refractivity contribution in [3.05, 3.63) is 154 Å². The second-order valence-electron chi connectivity index (χ2n) is 17.1. The Morgan fingerprint density at radius 3 is 2.22 bits per heavy atom. The van der Waals surface area contributed by atoms with Gasteiger partial charge in [0.15, 0.2) is 0 Å². The monoisotopic (exact) mass is 908 g/mol. The lowest BCUT2D eigenvalue weighted by Gasteiger charge is -2.51. The van der Waals surface area contributed by atoms with E-state index in [0.29, 0.717) is 50.3 Å². The number of hydrogen-bond donors (Lipinski definition) is 2. The number of methoxy groups -OCH3 is 1. The summed E-state index contributed by atoms with van der Waals surface area (Å²) in [5, 5.41) is 20.9. The molecule has 6 atom stereocenters. The van der Waals surface area contributed by atoms with Gasteiger partial charge in [-0.25, -0.2) is 0 Å². The Morgan fingerprint density at radius 1 is 0.831 bits per heavy atom. The third-order valence-corrected chi connectivity index (χ3v) is 14.0. The predicted molar refractivity (Wildman–Crippen MR) is 246 cm³/mol. The average molecular weight is 910 g/mol. The number of halogens is 2. The Balaban J connectivity index is 1.05. The van der Waals surface area contributed by atoms with E-state index in [2.05, 4.69) is 15.7 Å². The van der Waals surface area contributed by atoms with E-state index in [1.54, 1.807) is 86.2 Å². The lowest BCUT2D eigenvalue weighted by atomic mass is 9.48. The summed E-state index contributed by atoms with van der Waals surface area (Å²) in [4.78, 5) is 63.5. The lowest BCUT2D eigenvalue weighted by Crippen LogP contribution is -2.55. The van der Waals surface area contributed by atoms with E-state index in [0.717, 1.165) is 16.3 Å². The molecule has 2 aliphatic carbocycles. The minimum atomic E-state index is -1.57. The van der Waals surface area contributed by atoms with Gasteiger partial charge in [0.1, 0.15) is 17.2 Å². The molecule has 4 amide bonds. The fourth-order valence-corrected chi connectivity index (χ4v) is 11.0. The van der Waals surface area contributed by atoms with Crippen LogP contribution >= 0.6 is 23.2 Å². The van der Waals surface area contributed by atoms with Crippen LogP contribution in [-0.4, -0.2) is 54.9 Å². The number of fused-ring (bicyclic) bond motifs is 5. The van der Waals surface area contributed by atoms with Gasteiger partial charge in [-0.1, -0.05) is 47.0 Å². The van der Waals surface area contributed by atoms with E-state index in [1.807, 2.05) is 49.3 Å². The van der Waals surface area contributed by atoms with E-state index in [1.165, 1.54) is 17.0 Å². The van der Waals surface area contributed by atoms with Crippen molar-refractivity contribution in [2.24, 2.45) is 39.8 Å². The van der Waals surface area contributed by atoms with Gasteiger partial charge in [0.2, 0.25) is 11.8 Å². The van der Waals surface area contributed by atoms with Crippen molar-refractivity contribution in [3.8, 4) is 17.2 Å². The Hall–Kier alpha value is -6.96. The maximum Gasteiger partial charge on any atom is 0.260 e. The molecule has 1 saturated carbocycles. The summed E-state index contributed by atoms with van der Waals surface area (Å²) in [7, 11) is 5.47. The van der Waals surface area contributed by atoms with Crippen LogP contribution in [0, 0.1) is 29.6 Å². The molecule has 65 heavy (non-hydrogen) atoms. The van der Waals surface area contributed by atoms with Crippen LogP contribution < -0.4 is 24.7 Å². The van der Waals surface area contributed by atoms with Crippen LogP contribution in [0.1, 0.15) is 24.0 Å². The lowest BCUT2D eigenvalue weighted by molar-refractivity contribution is -0.139. The van der Waals surface area contributed by atoms with Crippen molar-refractivity contribution in [3.63, 3.8) is 0 Å². The molecule has 0 bridgehead atoms. The highest BCUT2D eigenvalue weighted by Gasteiger charge is 2.71. The number of phenolic OH excluding ortho intramolecular Hbond substituents is 1. The number of phenols is 1. The number of imide groups is 2. The third-order valence-electron chi connectivity index (χ3n) is 13.5. The number of allylic oxidation sites excluding steroid dienone is 3. The summed E-state index contributed by atoms with van der Waals surface area (Å²) in [6, 6.07) is 31.1. The molecule has 2 saturated heterocycles. The van der Waals surface area contributed by atoms with Gasteiger partial charge in [0, 0.05) is 42.7 Å². The number of carbonyl (C=O) groups excluding carboxylic acids is 4. The highest BCUT2D eigenvalue weighted by atomic mass is 35.5. The first-order valence-corrected chi connectivity index (χ1v) is 21.9. The molecule has 328 valence electrons. The van der Waals surface area contributed by atoms with E-state index >= 15 is 9.59 Å². The standard InChI is InChI=1S/C50H42Cl2N6O7/c1-56(2)33-11-7-31(8-12-33)53-54-32-9-13-34(14-10-32)57-46(60)38-19-18-37-39(44(38)48(57)62)25-40-47(61)58(55-42-20-6-30(51)24-41(42)52)49(63)50(40,29-4-16-36(64-3)17-5-29)45(37)28-22-27-23-35(59)15-21-43(27)65-26-28/h4-18,20-21,23-24,26,38-40,44-45,55,59H,19,22,25H2,1-3H3/t38-,39+,40-,44-,45-,50+/m0/s1. The van der Waals surface area contributed by atoms with Gasteiger partial charge in [-0.05, 0) is 127 Å². The number of hydrogen-bond acceptors (Lipinski definition) is 11. The molecular weight excluding hydrogens is 867 g/mol. The summed E-state index contributed by atoms with van der Waals surface area (Å²) in [6.07, 6.45) is 4.19. The van der Waals surface area contributed by atoms with Crippen molar-refractivity contribution in [1.82, 2.24) is 5.01 Å². The van der Waals surface area contributed by atoms with Crippen molar-refractivity contribution in [2.45, 2.75) is 24.7 Å². The molecule has 3 fully saturated rings. The number of nitrogens with zero attached hydrogens (tertiary/aromatic N) is 5. The number of nitrogens with one attached hydrogen (secondary N) is 1. The van der Waals surface area contributed by atoms with Crippen LogP contribution in [0.2, 0.25) is 10.0 Å². The van der Waals surface area contributed by atoms with Crippen LogP contribution in [0.25, 0.3) is 0 Å². The first-order valence-electron chi connectivity index (χ1n) is 21.2. The number of ether oxygens (including phenoxy) is 2. The molecule has 15 heteroatoms. The van der Waals surface area contributed by atoms with Crippen molar-refractivity contribution in [2.75, 3.05) is 36.4 Å². The van der Waals surface area contributed by atoms with E-state index in [-0.39, 0.29) is 47.5 Å². The van der Waals surface area contributed by atoms with Gasteiger partial charge < -0.3 is 19.5 Å². The minimum absolute atomic E-state index is 0.0427. The zero-order chi connectivity index (χ0) is 45.3. The van der Waals surface area contributed by atoms with Gasteiger partial charge >= 0.3 is 0 Å². The van der Waals surface area contributed by atoms with Crippen LogP contribution in [0.5, 0.6) is 17.2 Å². The molecule has 0 unspecified atom stereocenters. The van der Waals surface area contributed by atoms with E-state index in [4.69, 9.17) is 32.7 Å². The molecule has 0 aromatic heterocycles. The third kappa shape index (κ3) is 6.92. The molecule has 2 N–H and O–H groups in total. The van der Waals surface area contributed by atoms with Crippen LogP contribution in [0.15, 0.2) is 143 Å². The van der Waals surface area contributed by atoms with Gasteiger partial charge in [-0.3, -0.25) is 29.5 Å². The molecule has 0 spiro atoms. The number of azo groups is 1. The van der Waals surface area contributed by atoms with Crippen LogP contribution in [0.4, 0.5) is 28.4 Å². The smallest absolute Gasteiger partial charge is 0.260 e. The fraction of sp³-hybridized carbons (Fsp3) is 0.240. The van der Waals surface area contributed by atoms with Crippen LogP contribution in [0.3, 0.4) is 0 Å². The molecule has 5 aromatic rings. The highest BCUT2D eigenvalue weighted by Crippen LogP contribution is 2.63. The number of rotatable bonds is 9. The maximum atomic E-state index is 15.7. The normalized spacial score (nSPS) is 24.5. The second kappa shape index (κ2) is 16.2. The minimum Gasteiger partial charge on any atom is -0.508 e. The molecule has 5 aromatic carbocycles. The van der Waals surface area contributed by atoms with E-state index in [9.17, 15) is 14.7 Å². The highest BCUT2D eigenvalue weighted by molar-refractivity contribution is 6.36. The second-order valence-corrected chi connectivity index (χ2v) is 18.0. The molecule has 3 heterocycles. The topological polar surface area (TPSA) is 153 Å². The van der Waals surface area contributed by atoms with Gasteiger partial charge in [0.25, 0.3) is 11.8 Å². The summed E-state index contributed by atoms with van der Waals surface area (Å²) in [6.45, 7) is 0. The van der Waals surface area contributed by atoms with E-state index < -0.39 is 46.8 Å². The first kappa shape index (κ1) is 42.0. The number of benzene rings is 5. The summed E-state index contributed by atoms with van der Waals surface area (Å²) >= 11 is 12.9. The zero-order valence-corrected chi connectivity index (χ0v) is 37.0. The Bertz CT molecular complexity index is 2880. The fourth-order valence-electron chi connectivity index (χ4n) is 10.5. The molecule has 0 radical (unpaired) electrons. The molecular formula is C50H42Cl2N6O7. The molecule has 10 rings (SSSR count). The summed E-state index contributed by atoms with van der Waals surface area (Å²) in [5.41, 5.74) is 7.05. The molecule has 5 aliphatic rings. The zero-order valence-electron chi connectivity index (χ0n) is 35.4. The number of anilines is 3. The predicted octanol–water partition coefficient (Wildman–Crippen LogP) is 9.73. The summed E-state index contributed by atoms with van der Waals surface area (Å²) < 4.78 is 11.8. The maximum absolute atomic E-state index is 15.7. The number of carbonyl (C=O) groups is 4. The average Bonchev–Trinajstić information content (AvgIpc) is 3.69.